The van der Waals surface area contributed by atoms with Gasteiger partial charge in [-0.15, -0.1) is 0 Å². The van der Waals surface area contributed by atoms with Crippen molar-refractivity contribution >= 4 is 21.8 Å². The average molecular weight is 260 g/mol. The molecule has 1 aliphatic carbocycles. The van der Waals surface area contributed by atoms with Crippen molar-refractivity contribution in [1.82, 2.24) is 4.90 Å². The van der Waals surface area contributed by atoms with Crippen LogP contribution in [0.1, 0.15) is 12.8 Å². The SMILES string of the molecule is O=C1C(Br)CCN1CC12COCC1C2. The number of ether oxygens (including phenoxy) is 1. The summed E-state index contributed by atoms with van der Waals surface area (Å²) >= 11 is 3.40. The van der Waals surface area contributed by atoms with Crippen LogP contribution in [0, 0.1) is 11.3 Å². The molecule has 0 bridgehead atoms. The van der Waals surface area contributed by atoms with Crippen molar-refractivity contribution in [1.29, 1.82) is 0 Å². The van der Waals surface area contributed by atoms with Crippen LogP contribution in [0.3, 0.4) is 0 Å². The lowest BCUT2D eigenvalue weighted by Crippen LogP contribution is -2.34. The molecule has 14 heavy (non-hydrogen) atoms. The van der Waals surface area contributed by atoms with Gasteiger partial charge in [-0.25, -0.2) is 0 Å². The van der Waals surface area contributed by atoms with Crippen LogP contribution in [0.5, 0.6) is 0 Å². The Morgan fingerprint density at radius 2 is 2.50 bits per heavy atom. The van der Waals surface area contributed by atoms with E-state index in [4.69, 9.17) is 4.74 Å². The Hall–Kier alpha value is -0.0900. The van der Waals surface area contributed by atoms with Crippen molar-refractivity contribution in [3.8, 4) is 0 Å². The van der Waals surface area contributed by atoms with Gasteiger partial charge in [0.05, 0.1) is 18.0 Å². The lowest BCUT2D eigenvalue weighted by atomic mass is 10.1. The number of rotatable bonds is 2. The molecule has 0 aromatic carbocycles. The second-order valence-electron chi connectivity index (χ2n) is 4.79. The molecule has 3 fully saturated rings. The molecule has 3 rings (SSSR count). The number of hydrogen-bond donors (Lipinski definition) is 0. The van der Waals surface area contributed by atoms with E-state index in [1.54, 1.807) is 0 Å². The summed E-state index contributed by atoms with van der Waals surface area (Å²) < 4.78 is 5.43. The zero-order valence-corrected chi connectivity index (χ0v) is 9.63. The molecular formula is C10H14BrNO2. The number of likely N-dealkylation sites (tertiary alicyclic amines) is 1. The predicted octanol–water partition coefficient (Wildman–Crippen LogP) is 1.02. The van der Waals surface area contributed by atoms with Crippen LogP contribution in [0.2, 0.25) is 0 Å². The summed E-state index contributed by atoms with van der Waals surface area (Å²) in [4.78, 5) is 13.8. The van der Waals surface area contributed by atoms with Crippen LogP contribution in [-0.2, 0) is 9.53 Å². The van der Waals surface area contributed by atoms with Gasteiger partial charge in [-0.05, 0) is 18.8 Å². The van der Waals surface area contributed by atoms with Crippen molar-refractivity contribution in [3.63, 3.8) is 0 Å². The van der Waals surface area contributed by atoms with E-state index in [0.29, 0.717) is 5.41 Å². The summed E-state index contributed by atoms with van der Waals surface area (Å²) in [7, 11) is 0. The molecule has 0 radical (unpaired) electrons. The number of carbonyl (C=O) groups excluding carboxylic acids is 1. The van der Waals surface area contributed by atoms with Crippen LogP contribution in [0.15, 0.2) is 0 Å². The van der Waals surface area contributed by atoms with Gasteiger partial charge in [0, 0.05) is 18.5 Å². The first-order valence-corrected chi connectivity index (χ1v) is 6.13. The number of alkyl halides is 1. The first-order chi connectivity index (χ1) is 6.71. The molecular weight excluding hydrogens is 246 g/mol. The number of halogens is 1. The number of amides is 1. The molecule has 0 aromatic rings. The van der Waals surface area contributed by atoms with Crippen LogP contribution in [0.25, 0.3) is 0 Å². The quantitative estimate of drug-likeness (QED) is 0.694. The van der Waals surface area contributed by atoms with Crippen molar-refractivity contribution < 1.29 is 9.53 Å². The Kier molecular flexibility index (Phi) is 1.93. The standard InChI is InChI=1S/C10H14BrNO2/c11-8-1-2-12(9(8)13)5-10-3-7(10)4-14-6-10/h7-8H,1-6H2. The Morgan fingerprint density at radius 3 is 3.00 bits per heavy atom. The van der Waals surface area contributed by atoms with Crippen molar-refractivity contribution in [2.24, 2.45) is 11.3 Å². The third kappa shape index (κ3) is 1.23. The predicted molar refractivity (Wildman–Crippen MR) is 55.3 cm³/mol. The van der Waals surface area contributed by atoms with E-state index in [2.05, 4.69) is 15.9 Å². The maximum atomic E-state index is 11.7. The van der Waals surface area contributed by atoms with Crippen molar-refractivity contribution in [2.45, 2.75) is 17.7 Å². The van der Waals surface area contributed by atoms with E-state index in [1.807, 2.05) is 4.90 Å². The highest BCUT2D eigenvalue weighted by Gasteiger charge is 2.59. The zero-order chi connectivity index (χ0) is 9.76. The highest BCUT2D eigenvalue weighted by Crippen LogP contribution is 2.57. The molecule has 3 atom stereocenters. The molecule has 3 aliphatic rings. The first-order valence-electron chi connectivity index (χ1n) is 5.22. The number of nitrogens with zero attached hydrogens (tertiary/aromatic N) is 1. The zero-order valence-electron chi connectivity index (χ0n) is 8.04. The summed E-state index contributed by atoms with van der Waals surface area (Å²) in [5.74, 6) is 1.02. The largest absolute Gasteiger partial charge is 0.380 e. The molecule has 0 N–H and O–H groups in total. The summed E-state index contributed by atoms with van der Waals surface area (Å²) in [5, 5.41) is 0. The molecule has 0 aromatic heterocycles. The maximum Gasteiger partial charge on any atom is 0.236 e. The molecule has 1 saturated carbocycles. The van der Waals surface area contributed by atoms with Crippen LogP contribution >= 0.6 is 15.9 Å². The summed E-state index contributed by atoms with van der Waals surface area (Å²) in [6.45, 7) is 3.63. The molecule has 2 heterocycles. The van der Waals surface area contributed by atoms with E-state index in [9.17, 15) is 4.79 Å². The Labute approximate surface area is 91.9 Å². The molecule has 3 nitrogen and oxygen atoms in total. The maximum absolute atomic E-state index is 11.7. The van der Waals surface area contributed by atoms with Gasteiger partial charge in [-0.3, -0.25) is 4.79 Å². The monoisotopic (exact) mass is 259 g/mol. The molecule has 2 aliphatic heterocycles. The van der Waals surface area contributed by atoms with Crippen molar-refractivity contribution in [3.05, 3.63) is 0 Å². The van der Waals surface area contributed by atoms with Gasteiger partial charge in [0.2, 0.25) is 5.91 Å². The first kappa shape index (κ1) is 9.16. The normalized spacial score (nSPS) is 45.8. The van der Waals surface area contributed by atoms with Crippen LogP contribution < -0.4 is 0 Å². The van der Waals surface area contributed by atoms with Crippen LogP contribution in [-0.4, -0.2) is 41.9 Å². The second kappa shape index (κ2) is 2.95. The van der Waals surface area contributed by atoms with Gasteiger partial charge in [-0.1, -0.05) is 15.9 Å². The number of hydrogen-bond acceptors (Lipinski definition) is 2. The van der Waals surface area contributed by atoms with Gasteiger partial charge in [0.1, 0.15) is 0 Å². The number of fused-ring (bicyclic) bond motifs is 1. The lowest BCUT2D eigenvalue weighted by molar-refractivity contribution is -0.128. The molecule has 78 valence electrons. The van der Waals surface area contributed by atoms with E-state index in [0.717, 1.165) is 38.6 Å². The molecule has 2 saturated heterocycles. The van der Waals surface area contributed by atoms with Crippen LogP contribution in [0.4, 0.5) is 0 Å². The Bertz CT molecular complexity index is 283. The Balaban J connectivity index is 1.66. The molecule has 4 heteroatoms. The van der Waals surface area contributed by atoms with Gasteiger partial charge >= 0.3 is 0 Å². The van der Waals surface area contributed by atoms with E-state index in [1.165, 1.54) is 6.42 Å². The minimum absolute atomic E-state index is 0.0680. The minimum Gasteiger partial charge on any atom is -0.380 e. The lowest BCUT2D eigenvalue weighted by Gasteiger charge is -2.21. The number of carbonyl (C=O) groups is 1. The van der Waals surface area contributed by atoms with Gasteiger partial charge in [-0.2, -0.15) is 0 Å². The molecule has 3 unspecified atom stereocenters. The van der Waals surface area contributed by atoms with Gasteiger partial charge < -0.3 is 9.64 Å². The second-order valence-corrected chi connectivity index (χ2v) is 5.90. The van der Waals surface area contributed by atoms with Crippen molar-refractivity contribution in [2.75, 3.05) is 26.3 Å². The average Bonchev–Trinajstić information content (AvgIpc) is 2.57. The third-order valence-corrected chi connectivity index (χ3v) is 4.65. The summed E-state index contributed by atoms with van der Waals surface area (Å²) in [5.41, 5.74) is 0.354. The minimum atomic E-state index is 0.0680. The summed E-state index contributed by atoms with van der Waals surface area (Å²) in [6, 6.07) is 0. The fourth-order valence-electron chi connectivity index (χ4n) is 2.73. The smallest absolute Gasteiger partial charge is 0.236 e. The molecule has 1 amide bonds. The third-order valence-electron chi connectivity index (χ3n) is 3.81. The van der Waals surface area contributed by atoms with E-state index < -0.39 is 0 Å². The topological polar surface area (TPSA) is 29.5 Å². The fraction of sp³-hybridized carbons (Fsp3) is 0.900. The molecule has 0 spiro atoms. The highest BCUT2D eigenvalue weighted by atomic mass is 79.9. The van der Waals surface area contributed by atoms with Gasteiger partial charge in [0.15, 0.2) is 0 Å². The van der Waals surface area contributed by atoms with E-state index in [-0.39, 0.29) is 10.7 Å². The Morgan fingerprint density at radius 1 is 1.64 bits per heavy atom. The highest BCUT2D eigenvalue weighted by molar-refractivity contribution is 9.10. The van der Waals surface area contributed by atoms with E-state index >= 15 is 0 Å². The fourth-order valence-corrected chi connectivity index (χ4v) is 3.22. The van der Waals surface area contributed by atoms with Gasteiger partial charge in [0.25, 0.3) is 0 Å². The summed E-state index contributed by atoms with van der Waals surface area (Å²) in [6.07, 6.45) is 2.23.